The van der Waals surface area contributed by atoms with Gasteiger partial charge in [-0.3, -0.25) is 0 Å². The molecule has 0 aliphatic carbocycles. The molecule has 4 saturated heterocycles. The Morgan fingerprint density at radius 2 is 1.50 bits per heavy atom. The molecule has 4 heterocycles. The molecule has 2 aromatic carbocycles. The van der Waals surface area contributed by atoms with E-state index in [1.54, 1.807) is 0 Å². The van der Waals surface area contributed by atoms with E-state index in [4.69, 9.17) is 18.9 Å². The molecule has 2 aromatic rings. The highest BCUT2D eigenvalue weighted by Gasteiger charge is 2.56. The van der Waals surface area contributed by atoms with Crippen LogP contribution in [0, 0.1) is 0 Å². The van der Waals surface area contributed by atoms with Gasteiger partial charge in [0.1, 0.15) is 12.9 Å². The van der Waals surface area contributed by atoms with Crippen molar-refractivity contribution in [1.29, 1.82) is 0 Å². The number of esters is 1. The first-order chi connectivity index (χ1) is 19.6. The summed E-state index contributed by atoms with van der Waals surface area (Å²) < 4.78 is 26.1. The third kappa shape index (κ3) is 5.47. The van der Waals surface area contributed by atoms with Crippen LogP contribution in [0.25, 0.3) is 0 Å². The zero-order valence-corrected chi connectivity index (χ0v) is 23.9. The van der Waals surface area contributed by atoms with Crippen LogP contribution in [-0.4, -0.2) is 92.9 Å². The first-order valence-corrected chi connectivity index (χ1v) is 15.3. The van der Waals surface area contributed by atoms with E-state index in [1.165, 1.54) is 43.3 Å². The van der Waals surface area contributed by atoms with Crippen molar-refractivity contribution in [3.63, 3.8) is 0 Å². The van der Waals surface area contributed by atoms with Gasteiger partial charge in [0.05, 0.1) is 44.5 Å². The lowest BCUT2D eigenvalue weighted by Crippen LogP contribution is -2.60. The summed E-state index contributed by atoms with van der Waals surface area (Å²) >= 11 is 0. The molecular weight excluding hydrogens is 504 g/mol. The highest BCUT2D eigenvalue weighted by atomic mass is 16.7. The SMILES string of the molecule is CN1CCC(OCCOCOC(C(=O)OC2CC3CCC(C2)[N+]32CCCC2)(c2ccccc2)c2ccccc2)C1. The van der Waals surface area contributed by atoms with Gasteiger partial charge >= 0.3 is 5.97 Å². The number of carbonyl (C=O) groups excluding carboxylic acids is 1. The molecule has 1 spiro atoms. The summed E-state index contributed by atoms with van der Waals surface area (Å²) in [5.74, 6) is -0.349. The predicted octanol–water partition coefficient (Wildman–Crippen LogP) is 4.49. The van der Waals surface area contributed by atoms with Gasteiger partial charge in [-0.1, -0.05) is 60.7 Å². The number of nitrogens with zero attached hydrogens (tertiary/aromatic N) is 2. The predicted molar refractivity (Wildman–Crippen MR) is 153 cm³/mol. The molecule has 4 aliphatic heterocycles. The Balaban J connectivity index is 1.17. The first-order valence-electron chi connectivity index (χ1n) is 15.3. The summed E-state index contributed by atoms with van der Waals surface area (Å²) in [4.78, 5) is 16.6. The van der Waals surface area contributed by atoms with Gasteiger partial charge in [0.25, 0.3) is 0 Å². The van der Waals surface area contributed by atoms with Crippen LogP contribution in [0.5, 0.6) is 0 Å². The number of likely N-dealkylation sites (tertiary alicyclic amines) is 1. The molecule has 4 aliphatic rings. The summed E-state index contributed by atoms with van der Waals surface area (Å²) in [6, 6.07) is 20.7. The van der Waals surface area contributed by atoms with Gasteiger partial charge in [0.2, 0.25) is 5.60 Å². The lowest BCUT2D eigenvalue weighted by Gasteiger charge is -2.47. The van der Waals surface area contributed by atoms with Crippen molar-refractivity contribution in [3.8, 4) is 0 Å². The normalized spacial score (nSPS) is 27.8. The fourth-order valence-electron chi connectivity index (χ4n) is 8.01. The molecule has 0 N–H and O–H groups in total. The van der Waals surface area contributed by atoms with Gasteiger partial charge < -0.3 is 28.3 Å². The molecular formula is C33H45N2O5+. The van der Waals surface area contributed by atoms with Gasteiger partial charge in [-0.2, -0.15) is 0 Å². The highest BCUT2D eigenvalue weighted by molar-refractivity contribution is 5.86. The first kappa shape index (κ1) is 27.9. The molecule has 216 valence electrons. The van der Waals surface area contributed by atoms with E-state index in [2.05, 4.69) is 11.9 Å². The molecule has 7 heteroatoms. The average molecular weight is 550 g/mol. The average Bonchev–Trinajstić information content (AvgIpc) is 3.67. The van der Waals surface area contributed by atoms with Crippen LogP contribution in [-0.2, 0) is 29.3 Å². The van der Waals surface area contributed by atoms with Crippen LogP contribution in [0.15, 0.2) is 60.7 Å². The van der Waals surface area contributed by atoms with Crippen molar-refractivity contribution in [2.75, 3.05) is 53.2 Å². The summed E-state index contributed by atoms with van der Waals surface area (Å²) in [5.41, 5.74) is 0.0947. The molecule has 3 unspecified atom stereocenters. The topological polar surface area (TPSA) is 57.2 Å². The van der Waals surface area contributed by atoms with Crippen LogP contribution < -0.4 is 0 Å². The van der Waals surface area contributed by atoms with E-state index in [0.29, 0.717) is 25.3 Å². The summed E-state index contributed by atoms with van der Waals surface area (Å²) in [6.45, 7) is 5.49. The number of quaternary nitrogens is 1. The molecule has 4 fully saturated rings. The monoisotopic (exact) mass is 549 g/mol. The maximum Gasteiger partial charge on any atom is 0.348 e. The number of ether oxygens (including phenoxy) is 4. The van der Waals surface area contributed by atoms with Gasteiger partial charge in [-0.15, -0.1) is 0 Å². The fraction of sp³-hybridized carbons (Fsp3) is 0.606. The van der Waals surface area contributed by atoms with Crippen molar-refractivity contribution in [1.82, 2.24) is 4.90 Å². The number of rotatable bonds is 11. The quantitative estimate of drug-likeness (QED) is 0.178. The Morgan fingerprint density at radius 1 is 0.875 bits per heavy atom. The van der Waals surface area contributed by atoms with E-state index in [-0.39, 0.29) is 25.0 Å². The van der Waals surface area contributed by atoms with Crippen molar-refractivity contribution in [2.24, 2.45) is 0 Å². The zero-order chi connectivity index (χ0) is 27.4. The van der Waals surface area contributed by atoms with Crippen molar-refractivity contribution < 1.29 is 28.2 Å². The van der Waals surface area contributed by atoms with E-state index in [9.17, 15) is 4.79 Å². The molecule has 6 rings (SSSR count). The van der Waals surface area contributed by atoms with Crippen molar-refractivity contribution in [3.05, 3.63) is 71.8 Å². The number of benzene rings is 2. The Kier molecular flexibility index (Phi) is 8.56. The number of likely N-dealkylation sites (N-methyl/N-ethyl adjacent to an activating group) is 1. The van der Waals surface area contributed by atoms with Gasteiger partial charge in [-0.25, -0.2) is 4.79 Å². The molecule has 2 bridgehead atoms. The van der Waals surface area contributed by atoms with Gasteiger partial charge in [0, 0.05) is 51.6 Å². The molecule has 7 nitrogen and oxygen atoms in total. The number of hydrogen-bond donors (Lipinski definition) is 0. The Morgan fingerprint density at radius 3 is 2.08 bits per heavy atom. The summed E-state index contributed by atoms with van der Waals surface area (Å²) in [5, 5.41) is 0. The maximum atomic E-state index is 14.4. The van der Waals surface area contributed by atoms with Gasteiger partial charge in [-0.05, 0) is 24.6 Å². The second kappa shape index (κ2) is 12.3. The lowest BCUT2D eigenvalue weighted by molar-refractivity contribution is -0.956. The number of hydrogen-bond acceptors (Lipinski definition) is 6. The zero-order valence-electron chi connectivity index (χ0n) is 23.9. The standard InChI is InChI=1S/C33H45N2O5/c1-34-17-16-30(24-34)38-21-20-37-25-39-33(26-10-4-2-5-11-26,27-12-6-3-7-13-27)32(36)40-31-22-28-14-15-29(23-31)35(28)18-8-9-19-35/h2-7,10-13,28-31H,8-9,14-25H2,1H3/q+1. The molecule has 3 atom stereocenters. The number of piperidine rings is 1. The Hall–Kier alpha value is -2.29. The van der Waals surface area contributed by atoms with Crippen molar-refractivity contribution in [2.45, 2.75) is 74.8 Å². The second-order valence-electron chi connectivity index (χ2n) is 12.3. The van der Waals surface area contributed by atoms with E-state index < -0.39 is 5.60 Å². The second-order valence-corrected chi connectivity index (χ2v) is 12.3. The minimum Gasteiger partial charge on any atom is -0.459 e. The van der Waals surface area contributed by atoms with E-state index in [0.717, 1.165) is 43.5 Å². The van der Waals surface area contributed by atoms with Crippen LogP contribution >= 0.6 is 0 Å². The minimum atomic E-state index is -1.41. The van der Waals surface area contributed by atoms with Crippen LogP contribution in [0.2, 0.25) is 0 Å². The minimum absolute atomic E-state index is 0.0390. The Labute approximate surface area is 238 Å². The third-order valence-electron chi connectivity index (χ3n) is 9.97. The Bertz CT molecular complexity index is 1050. The fourth-order valence-corrected chi connectivity index (χ4v) is 8.01. The lowest BCUT2D eigenvalue weighted by atomic mass is 9.85. The third-order valence-corrected chi connectivity index (χ3v) is 9.97. The summed E-state index contributed by atoms with van der Waals surface area (Å²) in [7, 11) is 2.11. The molecule has 40 heavy (non-hydrogen) atoms. The largest absolute Gasteiger partial charge is 0.459 e. The van der Waals surface area contributed by atoms with Crippen molar-refractivity contribution >= 4 is 5.97 Å². The smallest absolute Gasteiger partial charge is 0.348 e. The van der Waals surface area contributed by atoms with Gasteiger partial charge in [0.15, 0.2) is 0 Å². The molecule has 0 amide bonds. The van der Waals surface area contributed by atoms with E-state index in [1.807, 2.05) is 60.7 Å². The van der Waals surface area contributed by atoms with Crippen LogP contribution in [0.1, 0.15) is 56.1 Å². The van der Waals surface area contributed by atoms with Crippen LogP contribution in [0.3, 0.4) is 0 Å². The number of carbonyl (C=O) groups is 1. The maximum absolute atomic E-state index is 14.4. The van der Waals surface area contributed by atoms with Crippen LogP contribution in [0.4, 0.5) is 0 Å². The summed E-state index contributed by atoms with van der Waals surface area (Å²) in [6.07, 6.45) is 8.30. The molecule has 0 radical (unpaired) electrons. The highest BCUT2D eigenvalue weighted by Crippen LogP contribution is 2.47. The van der Waals surface area contributed by atoms with E-state index >= 15 is 0 Å². The molecule has 0 saturated carbocycles. The molecule has 0 aromatic heterocycles.